The Morgan fingerprint density at radius 2 is 1.87 bits per heavy atom. The third kappa shape index (κ3) is 3.52. The van der Waals surface area contributed by atoms with Crippen LogP contribution in [0.5, 0.6) is 5.75 Å². The number of benzene rings is 1. The zero-order valence-corrected chi connectivity index (χ0v) is 14.4. The Balaban J connectivity index is 1.60. The first-order valence-corrected chi connectivity index (χ1v) is 9.90. The quantitative estimate of drug-likeness (QED) is 0.911. The van der Waals surface area contributed by atoms with Crippen molar-refractivity contribution in [3.05, 3.63) is 28.8 Å². The van der Waals surface area contributed by atoms with Crippen molar-refractivity contribution < 1.29 is 17.9 Å². The Labute approximate surface area is 137 Å². The van der Waals surface area contributed by atoms with E-state index in [0.717, 1.165) is 22.4 Å². The van der Waals surface area contributed by atoms with Crippen molar-refractivity contribution in [1.82, 2.24) is 5.32 Å². The predicted octanol–water partition coefficient (Wildman–Crippen LogP) is 1.72. The molecule has 1 atom stereocenters. The number of nitrogens with one attached hydrogen (secondary N) is 1. The molecule has 1 N–H and O–H groups in total. The van der Waals surface area contributed by atoms with E-state index in [2.05, 4.69) is 5.32 Å². The van der Waals surface area contributed by atoms with Crippen LogP contribution in [0.4, 0.5) is 0 Å². The Kier molecular flexibility index (Phi) is 4.36. The van der Waals surface area contributed by atoms with Crippen LogP contribution in [-0.2, 0) is 14.6 Å². The van der Waals surface area contributed by atoms with Gasteiger partial charge in [-0.3, -0.25) is 4.79 Å². The van der Waals surface area contributed by atoms with Gasteiger partial charge in [-0.1, -0.05) is 6.07 Å². The molecule has 2 aliphatic heterocycles. The molecule has 0 aliphatic carbocycles. The summed E-state index contributed by atoms with van der Waals surface area (Å²) in [4.78, 5) is 12.5. The molecular formula is C17H23NO4S. The van der Waals surface area contributed by atoms with Gasteiger partial charge in [0.2, 0.25) is 5.91 Å². The van der Waals surface area contributed by atoms with Crippen LogP contribution in [-0.4, -0.2) is 39.0 Å². The van der Waals surface area contributed by atoms with E-state index >= 15 is 0 Å². The Morgan fingerprint density at radius 1 is 1.22 bits per heavy atom. The zero-order valence-electron chi connectivity index (χ0n) is 13.6. The fourth-order valence-electron chi connectivity index (χ4n) is 3.20. The van der Waals surface area contributed by atoms with Crippen LogP contribution < -0.4 is 10.1 Å². The normalized spacial score (nSPS) is 23.1. The predicted molar refractivity (Wildman–Crippen MR) is 88.5 cm³/mol. The maximum absolute atomic E-state index is 12.5. The van der Waals surface area contributed by atoms with E-state index in [1.54, 1.807) is 0 Å². The molecule has 3 rings (SSSR count). The van der Waals surface area contributed by atoms with Crippen molar-refractivity contribution in [3.8, 4) is 5.75 Å². The summed E-state index contributed by atoms with van der Waals surface area (Å²) in [5.74, 6) is 1.24. The lowest BCUT2D eigenvalue weighted by atomic mass is 9.96. The second kappa shape index (κ2) is 6.15. The molecule has 0 spiro atoms. The van der Waals surface area contributed by atoms with Gasteiger partial charge in [0.1, 0.15) is 28.1 Å². The number of ether oxygens (including phenoxy) is 1. The molecule has 1 fully saturated rings. The molecule has 2 heterocycles. The van der Waals surface area contributed by atoms with Crippen molar-refractivity contribution >= 4 is 15.7 Å². The molecule has 2 aliphatic rings. The average Bonchev–Trinajstić information content (AvgIpc) is 2.89. The summed E-state index contributed by atoms with van der Waals surface area (Å²) in [5, 5.41) is 2.98. The minimum absolute atomic E-state index is 0.0274. The highest BCUT2D eigenvalue weighted by Crippen LogP contribution is 2.36. The number of hydrogen-bond acceptors (Lipinski definition) is 4. The highest BCUT2D eigenvalue weighted by atomic mass is 32.2. The number of rotatable bonds is 3. The second-order valence-electron chi connectivity index (χ2n) is 6.68. The van der Waals surface area contributed by atoms with Crippen LogP contribution in [0, 0.1) is 19.8 Å². The monoisotopic (exact) mass is 337 g/mol. The molecule has 0 saturated carbocycles. The summed E-state index contributed by atoms with van der Waals surface area (Å²) in [6.45, 7) is 4.99. The Hall–Kier alpha value is -1.56. The maximum atomic E-state index is 12.5. The van der Waals surface area contributed by atoms with Gasteiger partial charge in [-0.25, -0.2) is 8.42 Å². The van der Waals surface area contributed by atoms with Gasteiger partial charge in [-0.05, 0) is 49.8 Å². The minimum Gasteiger partial charge on any atom is -0.492 e. The lowest BCUT2D eigenvalue weighted by Gasteiger charge is -2.22. The number of carbonyl (C=O) groups excluding carboxylic acids is 1. The molecule has 1 aromatic carbocycles. The van der Waals surface area contributed by atoms with Crippen LogP contribution >= 0.6 is 0 Å². The first-order valence-electron chi connectivity index (χ1n) is 8.08. The van der Waals surface area contributed by atoms with E-state index < -0.39 is 9.84 Å². The summed E-state index contributed by atoms with van der Waals surface area (Å²) in [7, 11) is -2.85. The van der Waals surface area contributed by atoms with Gasteiger partial charge < -0.3 is 10.1 Å². The summed E-state index contributed by atoms with van der Waals surface area (Å²) in [6.07, 6.45) is 1.28. The van der Waals surface area contributed by atoms with Crippen LogP contribution in [0.25, 0.3) is 0 Å². The number of carbonyl (C=O) groups is 1. The van der Waals surface area contributed by atoms with E-state index in [1.165, 1.54) is 0 Å². The Bertz CT molecular complexity index is 712. The number of hydrogen-bond donors (Lipinski definition) is 1. The highest BCUT2D eigenvalue weighted by Gasteiger charge is 2.31. The molecule has 0 aromatic heterocycles. The van der Waals surface area contributed by atoms with E-state index in [0.29, 0.717) is 26.0 Å². The van der Waals surface area contributed by atoms with Crippen LogP contribution in [0.3, 0.4) is 0 Å². The molecule has 1 aromatic rings. The molecular weight excluding hydrogens is 314 g/mol. The summed E-state index contributed by atoms with van der Waals surface area (Å²) < 4.78 is 28.5. The van der Waals surface area contributed by atoms with Gasteiger partial charge >= 0.3 is 0 Å². The summed E-state index contributed by atoms with van der Waals surface area (Å²) in [5.41, 5.74) is 3.27. The van der Waals surface area contributed by atoms with Crippen molar-refractivity contribution in [2.24, 2.45) is 5.92 Å². The fraction of sp³-hybridized carbons (Fsp3) is 0.588. The molecule has 6 heteroatoms. The third-order valence-electron chi connectivity index (χ3n) is 4.96. The van der Waals surface area contributed by atoms with Crippen molar-refractivity contribution in [2.75, 3.05) is 24.7 Å². The van der Waals surface area contributed by atoms with Gasteiger partial charge in [0.15, 0.2) is 0 Å². The van der Waals surface area contributed by atoms with E-state index in [9.17, 15) is 13.2 Å². The van der Waals surface area contributed by atoms with E-state index in [1.807, 2.05) is 26.0 Å². The van der Waals surface area contributed by atoms with Crippen molar-refractivity contribution in [2.45, 2.75) is 32.6 Å². The molecule has 0 bridgehead atoms. The highest BCUT2D eigenvalue weighted by molar-refractivity contribution is 7.91. The maximum Gasteiger partial charge on any atom is 0.231 e. The first-order chi connectivity index (χ1) is 10.9. The van der Waals surface area contributed by atoms with Gasteiger partial charge in [-0.15, -0.1) is 0 Å². The third-order valence-corrected chi connectivity index (χ3v) is 6.68. The van der Waals surface area contributed by atoms with E-state index in [-0.39, 0.29) is 29.2 Å². The molecule has 1 amide bonds. The lowest BCUT2D eigenvalue weighted by Crippen LogP contribution is -2.36. The molecule has 5 nitrogen and oxygen atoms in total. The van der Waals surface area contributed by atoms with Gasteiger partial charge in [0, 0.05) is 12.1 Å². The van der Waals surface area contributed by atoms with Gasteiger partial charge in [0.05, 0.1) is 11.5 Å². The van der Waals surface area contributed by atoms with Gasteiger partial charge in [-0.2, -0.15) is 0 Å². The molecule has 23 heavy (non-hydrogen) atoms. The van der Waals surface area contributed by atoms with Crippen molar-refractivity contribution in [1.29, 1.82) is 0 Å². The standard InChI is InChI=1S/C17H23NO4S/c1-11-7-14-15(10-22-16(14)8-12(11)2)17(19)18-9-13-3-5-23(20,21)6-4-13/h7-8,13,15H,3-6,9-10H2,1-2H3,(H,18,19)/t15-/m1/s1. The molecule has 126 valence electrons. The summed E-state index contributed by atoms with van der Waals surface area (Å²) in [6, 6.07) is 4.03. The summed E-state index contributed by atoms with van der Waals surface area (Å²) >= 11 is 0. The Morgan fingerprint density at radius 3 is 2.57 bits per heavy atom. The molecule has 0 unspecified atom stereocenters. The van der Waals surface area contributed by atoms with Crippen molar-refractivity contribution in [3.63, 3.8) is 0 Å². The van der Waals surface area contributed by atoms with Crippen LogP contribution in [0.15, 0.2) is 12.1 Å². The fourth-order valence-corrected chi connectivity index (χ4v) is 4.79. The number of amides is 1. The topological polar surface area (TPSA) is 72.5 Å². The van der Waals surface area contributed by atoms with E-state index in [4.69, 9.17) is 4.74 Å². The number of aryl methyl sites for hydroxylation is 2. The van der Waals surface area contributed by atoms with Crippen LogP contribution in [0.2, 0.25) is 0 Å². The van der Waals surface area contributed by atoms with Gasteiger partial charge in [0.25, 0.3) is 0 Å². The number of fused-ring (bicyclic) bond motifs is 1. The minimum atomic E-state index is -2.85. The van der Waals surface area contributed by atoms with Crippen LogP contribution in [0.1, 0.15) is 35.4 Å². The SMILES string of the molecule is Cc1cc2c(cc1C)[C@H](C(=O)NCC1CCS(=O)(=O)CC1)CO2. The largest absolute Gasteiger partial charge is 0.492 e. The lowest BCUT2D eigenvalue weighted by molar-refractivity contribution is -0.122. The smallest absolute Gasteiger partial charge is 0.231 e. The zero-order chi connectivity index (χ0) is 16.6. The molecule has 1 saturated heterocycles. The number of sulfone groups is 1. The first kappa shape index (κ1) is 16.3. The second-order valence-corrected chi connectivity index (χ2v) is 8.98. The average molecular weight is 337 g/mol. The molecule has 0 radical (unpaired) electrons.